The second kappa shape index (κ2) is 5.12. The number of nitrogens with one attached hydrogen (secondary N) is 1. The number of hydrogen-bond acceptors (Lipinski definition) is 4. The SMILES string of the molecule is CC1CN(S(=O)(=O)Cc2cccnc2)CCN1. The van der Waals surface area contributed by atoms with Gasteiger partial charge < -0.3 is 5.32 Å². The summed E-state index contributed by atoms with van der Waals surface area (Å²) in [6.45, 7) is 3.80. The van der Waals surface area contributed by atoms with Crippen LogP contribution in [0.2, 0.25) is 0 Å². The van der Waals surface area contributed by atoms with E-state index in [1.807, 2.05) is 6.92 Å². The highest BCUT2D eigenvalue weighted by Gasteiger charge is 2.26. The number of hydrogen-bond donors (Lipinski definition) is 1. The number of aromatic nitrogens is 1. The van der Waals surface area contributed by atoms with Gasteiger partial charge in [-0.15, -0.1) is 0 Å². The molecule has 1 N–H and O–H groups in total. The first-order chi connectivity index (χ1) is 8.08. The van der Waals surface area contributed by atoms with Gasteiger partial charge in [0.25, 0.3) is 0 Å². The Bertz CT molecular complexity index is 461. The number of sulfonamides is 1. The number of nitrogens with zero attached hydrogens (tertiary/aromatic N) is 2. The van der Waals surface area contributed by atoms with Gasteiger partial charge in [0.1, 0.15) is 0 Å². The number of pyridine rings is 1. The summed E-state index contributed by atoms with van der Waals surface area (Å²) in [5, 5.41) is 3.23. The third kappa shape index (κ3) is 3.24. The molecule has 17 heavy (non-hydrogen) atoms. The monoisotopic (exact) mass is 255 g/mol. The Kier molecular flexibility index (Phi) is 3.76. The molecule has 0 amide bonds. The second-order valence-electron chi connectivity index (χ2n) is 4.33. The summed E-state index contributed by atoms with van der Waals surface area (Å²) >= 11 is 0. The average molecular weight is 255 g/mol. The van der Waals surface area contributed by atoms with Crippen molar-refractivity contribution >= 4 is 10.0 Å². The second-order valence-corrected chi connectivity index (χ2v) is 6.30. The van der Waals surface area contributed by atoms with Crippen molar-refractivity contribution in [1.82, 2.24) is 14.6 Å². The predicted molar refractivity (Wildman–Crippen MR) is 65.9 cm³/mol. The molecule has 0 aliphatic carbocycles. The van der Waals surface area contributed by atoms with Crippen molar-refractivity contribution in [3.05, 3.63) is 30.1 Å². The van der Waals surface area contributed by atoms with Crippen molar-refractivity contribution < 1.29 is 8.42 Å². The van der Waals surface area contributed by atoms with E-state index in [0.717, 1.165) is 5.56 Å². The molecule has 1 saturated heterocycles. The molecule has 94 valence electrons. The van der Waals surface area contributed by atoms with E-state index in [4.69, 9.17) is 0 Å². The van der Waals surface area contributed by atoms with Gasteiger partial charge in [-0.25, -0.2) is 8.42 Å². The fourth-order valence-corrected chi connectivity index (χ4v) is 3.53. The Morgan fingerprint density at radius 1 is 1.59 bits per heavy atom. The van der Waals surface area contributed by atoms with Gasteiger partial charge in [0.15, 0.2) is 0 Å². The van der Waals surface area contributed by atoms with Gasteiger partial charge in [-0.1, -0.05) is 6.07 Å². The van der Waals surface area contributed by atoms with Crippen molar-refractivity contribution in [2.75, 3.05) is 19.6 Å². The molecule has 2 rings (SSSR count). The van der Waals surface area contributed by atoms with Crippen molar-refractivity contribution in [2.45, 2.75) is 18.7 Å². The summed E-state index contributed by atoms with van der Waals surface area (Å²) in [6, 6.07) is 3.76. The largest absolute Gasteiger partial charge is 0.312 e. The quantitative estimate of drug-likeness (QED) is 0.838. The Morgan fingerprint density at radius 2 is 2.41 bits per heavy atom. The molecule has 6 heteroatoms. The average Bonchev–Trinajstić information content (AvgIpc) is 2.30. The van der Waals surface area contributed by atoms with E-state index in [-0.39, 0.29) is 11.8 Å². The van der Waals surface area contributed by atoms with E-state index < -0.39 is 10.0 Å². The number of piperazine rings is 1. The van der Waals surface area contributed by atoms with Gasteiger partial charge in [0.05, 0.1) is 5.75 Å². The summed E-state index contributed by atoms with van der Waals surface area (Å²) in [7, 11) is -3.22. The van der Waals surface area contributed by atoms with Gasteiger partial charge >= 0.3 is 0 Å². The van der Waals surface area contributed by atoms with E-state index in [1.165, 1.54) is 0 Å². The molecule has 1 aromatic rings. The molecule has 1 unspecified atom stereocenters. The minimum atomic E-state index is -3.22. The van der Waals surface area contributed by atoms with E-state index in [1.54, 1.807) is 28.8 Å². The molecule has 1 fully saturated rings. The van der Waals surface area contributed by atoms with Crippen LogP contribution in [0.3, 0.4) is 0 Å². The molecule has 0 bridgehead atoms. The molecular formula is C11H17N3O2S. The van der Waals surface area contributed by atoms with E-state index in [0.29, 0.717) is 19.6 Å². The van der Waals surface area contributed by atoms with Crippen LogP contribution in [0.25, 0.3) is 0 Å². The Balaban J connectivity index is 2.08. The fraction of sp³-hybridized carbons (Fsp3) is 0.545. The molecule has 2 heterocycles. The standard InChI is InChI=1S/C11H17N3O2S/c1-10-8-14(6-5-13-10)17(15,16)9-11-3-2-4-12-7-11/h2-4,7,10,13H,5-6,8-9H2,1H3. The summed E-state index contributed by atoms with van der Waals surface area (Å²) in [5.41, 5.74) is 0.735. The maximum absolute atomic E-state index is 12.2. The molecule has 0 radical (unpaired) electrons. The zero-order chi connectivity index (χ0) is 12.3. The van der Waals surface area contributed by atoms with Gasteiger partial charge in [-0.05, 0) is 18.6 Å². The summed E-state index contributed by atoms with van der Waals surface area (Å²) in [5.74, 6) is 0.0353. The smallest absolute Gasteiger partial charge is 0.218 e. The first-order valence-corrected chi connectivity index (χ1v) is 7.29. The molecule has 1 aliphatic rings. The van der Waals surface area contributed by atoms with Crippen molar-refractivity contribution in [1.29, 1.82) is 0 Å². The van der Waals surface area contributed by atoms with Crippen LogP contribution in [0.15, 0.2) is 24.5 Å². The highest BCUT2D eigenvalue weighted by Crippen LogP contribution is 2.12. The van der Waals surface area contributed by atoms with Crippen LogP contribution >= 0.6 is 0 Å². The summed E-state index contributed by atoms with van der Waals surface area (Å²) < 4.78 is 25.9. The van der Waals surface area contributed by atoms with Gasteiger partial charge in [0, 0.05) is 38.1 Å². The first-order valence-electron chi connectivity index (χ1n) is 5.68. The van der Waals surface area contributed by atoms with Crippen LogP contribution in [-0.4, -0.2) is 43.4 Å². The zero-order valence-corrected chi connectivity index (χ0v) is 10.7. The van der Waals surface area contributed by atoms with Crippen LogP contribution in [0.4, 0.5) is 0 Å². The molecule has 1 atom stereocenters. The van der Waals surface area contributed by atoms with Crippen LogP contribution in [-0.2, 0) is 15.8 Å². The molecule has 1 aliphatic heterocycles. The lowest BCUT2D eigenvalue weighted by molar-refractivity contribution is 0.310. The van der Waals surface area contributed by atoms with Gasteiger partial charge in [-0.3, -0.25) is 4.98 Å². The van der Waals surface area contributed by atoms with E-state index in [9.17, 15) is 8.42 Å². The van der Waals surface area contributed by atoms with E-state index in [2.05, 4.69) is 10.3 Å². The maximum atomic E-state index is 12.2. The highest BCUT2D eigenvalue weighted by molar-refractivity contribution is 7.88. The lowest BCUT2D eigenvalue weighted by Crippen LogP contribution is -2.51. The molecule has 5 nitrogen and oxygen atoms in total. The Hall–Kier alpha value is -0.980. The minimum Gasteiger partial charge on any atom is -0.312 e. The minimum absolute atomic E-state index is 0.0353. The molecule has 1 aromatic heterocycles. The van der Waals surface area contributed by atoms with Gasteiger partial charge in [-0.2, -0.15) is 4.31 Å². The normalized spacial score (nSPS) is 22.5. The molecular weight excluding hydrogens is 238 g/mol. The van der Waals surface area contributed by atoms with Gasteiger partial charge in [0.2, 0.25) is 10.0 Å². The first kappa shape index (κ1) is 12.5. The summed E-state index contributed by atoms with van der Waals surface area (Å²) in [4.78, 5) is 3.93. The topological polar surface area (TPSA) is 62.3 Å². The predicted octanol–water partition coefficient (Wildman–Crippen LogP) is 0.205. The molecule has 0 saturated carbocycles. The summed E-state index contributed by atoms with van der Waals surface area (Å²) in [6.07, 6.45) is 3.24. The third-order valence-corrected chi connectivity index (χ3v) is 4.61. The van der Waals surface area contributed by atoms with Crippen LogP contribution < -0.4 is 5.32 Å². The van der Waals surface area contributed by atoms with Crippen molar-refractivity contribution in [3.63, 3.8) is 0 Å². The zero-order valence-electron chi connectivity index (χ0n) is 9.83. The Labute approximate surface area is 102 Å². The lowest BCUT2D eigenvalue weighted by Gasteiger charge is -2.30. The van der Waals surface area contributed by atoms with Crippen LogP contribution in [0, 0.1) is 0 Å². The lowest BCUT2D eigenvalue weighted by atomic mass is 10.3. The van der Waals surface area contributed by atoms with E-state index >= 15 is 0 Å². The highest BCUT2D eigenvalue weighted by atomic mass is 32.2. The fourth-order valence-electron chi connectivity index (χ4n) is 1.93. The van der Waals surface area contributed by atoms with Crippen molar-refractivity contribution in [2.24, 2.45) is 0 Å². The third-order valence-electron chi connectivity index (χ3n) is 2.80. The van der Waals surface area contributed by atoms with Crippen LogP contribution in [0.1, 0.15) is 12.5 Å². The maximum Gasteiger partial charge on any atom is 0.218 e. The Morgan fingerprint density at radius 3 is 3.06 bits per heavy atom. The van der Waals surface area contributed by atoms with Crippen molar-refractivity contribution in [3.8, 4) is 0 Å². The van der Waals surface area contributed by atoms with Crippen LogP contribution in [0.5, 0.6) is 0 Å². The number of rotatable bonds is 3. The molecule has 0 aromatic carbocycles. The molecule has 0 spiro atoms.